The van der Waals surface area contributed by atoms with E-state index >= 15 is 0 Å². The molecule has 1 aliphatic carbocycles. The number of hydrogen-bond acceptors (Lipinski definition) is 0. The van der Waals surface area contributed by atoms with Gasteiger partial charge < -0.3 is 0 Å². The Morgan fingerprint density at radius 3 is 2.47 bits per heavy atom. The highest BCUT2D eigenvalue weighted by Gasteiger charge is 2.17. The van der Waals surface area contributed by atoms with Crippen molar-refractivity contribution < 1.29 is 0 Å². The van der Waals surface area contributed by atoms with Gasteiger partial charge in [-0.1, -0.05) is 59.6 Å². The van der Waals surface area contributed by atoms with Crippen molar-refractivity contribution in [1.82, 2.24) is 0 Å². The number of halogens is 2. The fraction of sp³-hybridized carbons (Fsp3) is 0.0769. The third-order valence-electron chi connectivity index (χ3n) is 2.81. The predicted molar refractivity (Wildman–Crippen MR) is 66.3 cm³/mol. The van der Waals surface area contributed by atoms with Gasteiger partial charge in [0.25, 0.3) is 0 Å². The van der Waals surface area contributed by atoms with Crippen molar-refractivity contribution in [3.05, 3.63) is 52.6 Å². The lowest BCUT2D eigenvalue weighted by Crippen LogP contribution is -1.98. The molecule has 0 radical (unpaired) electrons. The van der Waals surface area contributed by atoms with Gasteiger partial charge in [0.1, 0.15) is 0 Å². The molecule has 0 aliphatic heterocycles. The summed E-state index contributed by atoms with van der Waals surface area (Å²) in [4.78, 5) is 0. The van der Waals surface area contributed by atoms with Crippen molar-refractivity contribution in [1.29, 1.82) is 0 Å². The third kappa shape index (κ3) is 1.29. The van der Waals surface area contributed by atoms with Crippen molar-refractivity contribution in [3.63, 3.8) is 0 Å². The second-order valence-corrected chi connectivity index (χ2v) is 4.55. The second-order valence-electron chi connectivity index (χ2n) is 3.72. The van der Waals surface area contributed by atoms with Crippen LogP contribution in [0, 0.1) is 0 Å². The molecule has 1 aliphatic rings. The van der Waals surface area contributed by atoms with Gasteiger partial charge in [-0.2, -0.15) is 0 Å². The normalized spacial score (nSPS) is 14.8. The molecule has 0 atom stereocenters. The fourth-order valence-corrected chi connectivity index (χ4v) is 2.61. The summed E-state index contributed by atoms with van der Waals surface area (Å²) < 4.78 is 0. The average molecular weight is 235 g/mol. The number of hydrogen-bond donors (Lipinski definition) is 0. The number of benzene rings is 2. The summed E-state index contributed by atoms with van der Waals surface area (Å²) in [5, 5.41) is 3.91. The highest BCUT2D eigenvalue weighted by molar-refractivity contribution is 6.55. The molecule has 2 aromatic rings. The first-order valence-electron chi connectivity index (χ1n) is 4.82. The van der Waals surface area contributed by atoms with Gasteiger partial charge in [0.05, 0.1) is 5.03 Å². The SMILES string of the molecule is ClC1=C(Cl)c2cccc3cccc(c23)C1. The van der Waals surface area contributed by atoms with Crippen molar-refractivity contribution in [2.75, 3.05) is 0 Å². The van der Waals surface area contributed by atoms with E-state index in [2.05, 4.69) is 24.3 Å². The predicted octanol–water partition coefficient (Wildman–Crippen LogP) is 4.54. The van der Waals surface area contributed by atoms with E-state index in [4.69, 9.17) is 23.2 Å². The summed E-state index contributed by atoms with van der Waals surface area (Å²) in [7, 11) is 0. The Morgan fingerprint density at radius 2 is 1.67 bits per heavy atom. The van der Waals surface area contributed by atoms with E-state index in [1.165, 1.54) is 16.3 Å². The molecule has 3 rings (SSSR count). The molecule has 0 saturated heterocycles. The van der Waals surface area contributed by atoms with Gasteiger partial charge >= 0.3 is 0 Å². The van der Waals surface area contributed by atoms with Crippen LogP contribution < -0.4 is 0 Å². The van der Waals surface area contributed by atoms with E-state index in [0.29, 0.717) is 5.03 Å². The smallest absolute Gasteiger partial charge is 0.0633 e. The molecule has 0 unspecified atom stereocenters. The standard InChI is InChI=1S/C13H8Cl2/c14-11-7-9-5-1-3-8-4-2-6-10(12(8)9)13(11)15/h1-6H,7H2. The van der Waals surface area contributed by atoms with E-state index < -0.39 is 0 Å². The Morgan fingerprint density at radius 1 is 0.933 bits per heavy atom. The van der Waals surface area contributed by atoms with E-state index in [1.54, 1.807) is 0 Å². The molecule has 0 amide bonds. The molecule has 0 fully saturated rings. The van der Waals surface area contributed by atoms with Gasteiger partial charge in [0.15, 0.2) is 0 Å². The lowest BCUT2D eigenvalue weighted by atomic mass is 9.93. The Hall–Kier alpha value is -0.980. The minimum Gasteiger partial charge on any atom is -0.0871 e. The lowest BCUT2D eigenvalue weighted by Gasteiger charge is -2.17. The summed E-state index contributed by atoms with van der Waals surface area (Å²) in [5.74, 6) is 0. The number of rotatable bonds is 0. The quantitative estimate of drug-likeness (QED) is 0.628. The van der Waals surface area contributed by atoms with E-state index in [-0.39, 0.29) is 0 Å². The maximum absolute atomic E-state index is 6.21. The first-order chi connectivity index (χ1) is 7.27. The molecule has 2 heteroatoms. The monoisotopic (exact) mass is 234 g/mol. The molecular formula is C13H8Cl2. The topological polar surface area (TPSA) is 0 Å². The van der Waals surface area contributed by atoms with Crippen LogP contribution >= 0.6 is 23.2 Å². The zero-order valence-corrected chi connectivity index (χ0v) is 9.44. The van der Waals surface area contributed by atoms with Gasteiger partial charge in [0.2, 0.25) is 0 Å². The molecule has 0 nitrogen and oxygen atoms in total. The lowest BCUT2D eigenvalue weighted by molar-refractivity contribution is 1.26. The van der Waals surface area contributed by atoms with Crippen molar-refractivity contribution >= 4 is 39.0 Å². The molecule has 0 spiro atoms. The van der Waals surface area contributed by atoms with Gasteiger partial charge in [-0.15, -0.1) is 0 Å². The summed E-state index contributed by atoms with van der Waals surface area (Å²) in [5.41, 5.74) is 2.32. The van der Waals surface area contributed by atoms with Crippen LogP contribution in [0.5, 0.6) is 0 Å². The summed E-state index contributed by atoms with van der Waals surface area (Å²) >= 11 is 12.3. The highest BCUT2D eigenvalue weighted by atomic mass is 35.5. The van der Waals surface area contributed by atoms with Crippen LogP contribution in [0.3, 0.4) is 0 Å². The molecule has 0 N–H and O–H groups in total. The first kappa shape index (κ1) is 9.26. The first-order valence-corrected chi connectivity index (χ1v) is 5.58. The van der Waals surface area contributed by atoms with Gasteiger partial charge in [0, 0.05) is 17.0 Å². The molecular weight excluding hydrogens is 227 g/mol. The Labute approximate surface area is 98.1 Å². The molecule has 2 aromatic carbocycles. The van der Waals surface area contributed by atoms with Crippen molar-refractivity contribution in [2.45, 2.75) is 6.42 Å². The summed E-state index contributed by atoms with van der Waals surface area (Å²) in [6, 6.07) is 12.4. The molecule has 15 heavy (non-hydrogen) atoms. The highest BCUT2D eigenvalue weighted by Crippen LogP contribution is 2.39. The second kappa shape index (κ2) is 3.26. The Kier molecular flexibility index (Phi) is 2.01. The largest absolute Gasteiger partial charge is 0.0871 e. The van der Waals surface area contributed by atoms with Crippen LogP contribution in [-0.2, 0) is 6.42 Å². The Balaban J connectivity index is 2.50. The molecule has 0 saturated carbocycles. The van der Waals surface area contributed by atoms with E-state index in [9.17, 15) is 0 Å². The number of allylic oxidation sites excluding steroid dienone is 1. The minimum atomic E-state index is 0.695. The maximum Gasteiger partial charge on any atom is 0.0633 e. The van der Waals surface area contributed by atoms with Crippen LogP contribution in [-0.4, -0.2) is 0 Å². The van der Waals surface area contributed by atoms with Crippen LogP contribution in [0.15, 0.2) is 41.4 Å². The molecule has 0 bridgehead atoms. The summed E-state index contributed by atoms with van der Waals surface area (Å²) in [6.45, 7) is 0. The zero-order chi connectivity index (χ0) is 10.4. The van der Waals surface area contributed by atoms with Crippen LogP contribution in [0.1, 0.15) is 11.1 Å². The van der Waals surface area contributed by atoms with Gasteiger partial charge in [-0.3, -0.25) is 0 Å². The van der Waals surface area contributed by atoms with Crippen molar-refractivity contribution in [2.24, 2.45) is 0 Å². The van der Waals surface area contributed by atoms with E-state index in [0.717, 1.165) is 17.0 Å². The molecule has 0 heterocycles. The average Bonchev–Trinajstić information content (AvgIpc) is 2.26. The molecule has 74 valence electrons. The van der Waals surface area contributed by atoms with E-state index in [1.807, 2.05) is 12.1 Å². The maximum atomic E-state index is 6.21. The van der Waals surface area contributed by atoms with Crippen LogP contribution in [0.25, 0.3) is 15.8 Å². The van der Waals surface area contributed by atoms with Gasteiger partial charge in [-0.05, 0) is 16.3 Å². The third-order valence-corrected chi connectivity index (χ3v) is 3.66. The van der Waals surface area contributed by atoms with Crippen LogP contribution in [0.4, 0.5) is 0 Å². The fourth-order valence-electron chi connectivity index (χ4n) is 2.14. The van der Waals surface area contributed by atoms with Crippen molar-refractivity contribution in [3.8, 4) is 0 Å². The summed E-state index contributed by atoms with van der Waals surface area (Å²) in [6.07, 6.45) is 0.745. The van der Waals surface area contributed by atoms with Crippen LogP contribution in [0.2, 0.25) is 0 Å². The molecule has 0 aromatic heterocycles. The Bertz CT molecular complexity index is 577. The van der Waals surface area contributed by atoms with Gasteiger partial charge in [-0.25, -0.2) is 0 Å². The zero-order valence-electron chi connectivity index (χ0n) is 7.93. The minimum absolute atomic E-state index is 0.695.